The summed E-state index contributed by atoms with van der Waals surface area (Å²) in [5.41, 5.74) is 1.99. The van der Waals surface area contributed by atoms with Gasteiger partial charge in [0, 0.05) is 12.0 Å². The van der Waals surface area contributed by atoms with Crippen LogP contribution in [0.5, 0.6) is 5.75 Å². The number of hydrogen-bond donors (Lipinski definition) is 0. The Balaban J connectivity index is 2.27. The summed E-state index contributed by atoms with van der Waals surface area (Å²) in [4.78, 5) is 11.6. The third-order valence-corrected chi connectivity index (χ3v) is 2.60. The molecule has 0 unspecified atom stereocenters. The van der Waals surface area contributed by atoms with E-state index < -0.39 is 0 Å². The molecule has 0 amide bonds. The predicted molar refractivity (Wildman–Crippen MR) is 59.4 cm³/mol. The summed E-state index contributed by atoms with van der Waals surface area (Å²) in [5, 5.41) is 0. The van der Waals surface area contributed by atoms with Crippen LogP contribution in [0.1, 0.15) is 28.8 Å². The molecule has 0 aliphatic heterocycles. The lowest BCUT2D eigenvalue weighted by molar-refractivity contribution is 0.0972. The molecule has 15 heavy (non-hydrogen) atoms. The maximum atomic E-state index is 11.6. The number of aryl methyl sites for hydroxylation is 1. The molecule has 78 valence electrons. The summed E-state index contributed by atoms with van der Waals surface area (Å²) >= 11 is 0. The standard InChI is InChI=1S/C13H14O2/c1-2-8-15-11-7-6-10-4-3-5-13(14)12(10)9-11/h2,6-7,9H,1,3-5,8H2. The van der Waals surface area contributed by atoms with Crippen LogP contribution in [0.3, 0.4) is 0 Å². The summed E-state index contributed by atoms with van der Waals surface area (Å²) < 4.78 is 5.40. The van der Waals surface area contributed by atoms with Crippen molar-refractivity contribution < 1.29 is 9.53 Å². The zero-order chi connectivity index (χ0) is 10.7. The summed E-state index contributed by atoms with van der Waals surface area (Å²) in [7, 11) is 0. The minimum absolute atomic E-state index is 0.236. The molecule has 0 spiro atoms. The van der Waals surface area contributed by atoms with Gasteiger partial charge in [-0.05, 0) is 30.5 Å². The van der Waals surface area contributed by atoms with Gasteiger partial charge in [0.15, 0.2) is 5.78 Å². The smallest absolute Gasteiger partial charge is 0.163 e. The van der Waals surface area contributed by atoms with E-state index in [1.165, 1.54) is 0 Å². The minimum Gasteiger partial charge on any atom is -0.490 e. The van der Waals surface area contributed by atoms with E-state index in [0.29, 0.717) is 13.0 Å². The van der Waals surface area contributed by atoms with Crippen LogP contribution < -0.4 is 4.74 Å². The molecule has 2 rings (SSSR count). The van der Waals surface area contributed by atoms with Gasteiger partial charge >= 0.3 is 0 Å². The summed E-state index contributed by atoms with van der Waals surface area (Å²) in [6.07, 6.45) is 4.33. The van der Waals surface area contributed by atoms with Crippen molar-refractivity contribution in [1.82, 2.24) is 0 Å². The number of ketones is 1. The zero-order valence-electron chi connectivity index (χ0n) is 8.66. The largest absolute Gasteiger partial charge is 0.490 e. The Kier molecular flexibility index (Phi) is 2.86. The van der Waals surface area contributed by atoms with Crippen molar-refractivity contribution >= 4 is 5.78 Å². The van der Waals surface area contributed by atoms with Crippen LogP contribution in [0.15, 0.2) is 30.9 Å². The second-order valence-corrected chi connectivity index (χ2v) is 3.70. The van der Waals surface area contributed by atoms with Gasteiger partial charge in [-0.3, -0.25) is 4.79 Å². The van der Waals surface area contributed by atoms with Gasteiger partial charge in [0.2, 0.25) is 0 Å². The zero-order valence-corrected chi connectivity index (χ0v) is 8.66. The number of ether oxygens (including phenoxy) is 1. The van der Waals surface area contributed by atoms with Gasteiger partial charge in [0.1, 0.15) is 12.4 Å². The average molecular weight is 202 g/mol. The van der Waals surface area contributed by atoms with Crippen molar-refractivity contribution in [2.45, 2.75) is 19.3 Å². The first-order valence-electron chi connectivity index (χ1n) is 5.21. The highest BCUT2D eigenvalue weighted by molar-refractivity contribution is 5.98. The van der Waals surface area contributed by atoms with Crippen molar-refractivity contribution in [1.29, 1.82) is 0 Å². The van der Waals surface area contributed by atoms with E-state index in [0.717, 1.165) is 29.7 Å². The van der Waals surface area contributed by atoms with E-state index in [2.05, 4.69) is 6.58 Å². The minimum atomic E-state index is 0.236. The van der Waals surface area contributed by atoms with Gasteiger partial charge in [-0.15, -0.1) is 0 Å². The van der Waals surface area contributed by atoms with Crippen LogP contribution in [-0.2, 0) is 6.42 Å². The number of rotatable bonds is 3. The number of Topliss-reactive ketones (excluding diaryl/α,β-unsaturated/α-hetero) is 1. The van der Waals surface area contributed by atoms with Crippen molar-refractivity contribution in [2.75, 3.05) is 6.61 Å². The Morgan fingerprint density at radius 1 is 1.40 bits per heavy atom. The SMILES string of the molecule is C=CCOc1ccc2c(c1)C(=O)CCC2. The van der Waals surface area contributed by atoms with Gasteiger partial charge in [-0.1, -0.05) is 18.7 Å². The highest BCUT2D eigenvalue weighted by Crippen LogP contribution is 2.25. The fraction of sp³-hybridized carbons (Fsp3) is 0.308. The van der Waals surface area contributed by atoms with Crippen molar-refractivity contribution in [2.24, 2.45) is 0 Å². The Morgan fingerprint density at radius 2 is 2.27 bits per heavy atom. The van der Waals surface area contributed by atoms with Crippen LogP contribution in [0, 0.1) is 0 Å². The van der Waals surface area contributed by atoms with Crippen LogP contribution in [0.4, 0.5) is 0 Å². The Bertz CT molecular complexity index is 394. The van der Waals surface area contributed by atoms with E-state index in [-0.39, 0.29) is 5.78 Å². The first-order chi connectivity index (χ1) is 7.31. The van der Waals surface area contributed by atoms with Crippen molar-refractivity contribution in [3.8, 4) is 5.75 Å². The second kappa shape index (κ2) is 4.30. The van der Waals surface area contributed by atoms with Gasteiger partial charge in [-0.25, -0.2) is 0 Å². The first-order valence-corrected chi connectivity index (χ1v) is 5.21. The third kappa shape index (κ3) is 2.09. The summed E-state index contributed by atoms with van der Waals surface area (Å²) in [6, 6.07) is 5.76. The van der Waals surface area contributed by atoms with Crippen LogP contribution in [0.25, 0.3) is 0 Å². The van der Waals surface area contributed by atoms with Crippen LogP contribution in [0.2, 0.25) is 0 Å². The van der Waals surface area contributed by atoms with E-state index in [9.17, 15) is 4.79 Å². The second-order valence-electron chi connectivity index (χ2n) is 3.70. The van der Waals surface area contributed by atoms with Crippen LogP contribution in [-0.4, -0.2) is 12.4 Å². The maximum absolute atomic E-state index is 11.6. The molecule has 0 bridgehead atoms. The number of hydrogen-bond acceptors (Lipinski definition) is 2. The topological polar surface area (TPSA) is 26.3 Å². The monoisotopic (exact) mass is 202 g/mol. The average Bonchev–Trinajstić information content (AvgIpc) is 2.27. The number of fused-ring (bicyclic) bond motifs is 1. The highest BCUT2D eigenvalue weighted by Gasteiger charge is 2.17. The molecule has 0 atom stereocenters. The molecule has 0 saturated carbocycles. The van der Waals surface area contributed by atoms with Crippen LogP contribution >= 0.6 is 0 Å². The maximum Gasteiger partial charge on any atom is 0.163 e. The van der Waals surface area contributed by atoms with E-state index in [1.807, 2.05) is 18.2 Å². The molecule has 0 saturated heterocycles. The number of carbonyl (C=O) groups excluding carboxylic acids is 1. The normalized spacial score (nSPS) is 14.5. The molecule has 1 aromatic carbocycles. The molecular weight excluding hydrogens is 188 g/mol. The molecule has 2 nitrogen and oxygen atoms in total. The van der Waals surface area contributed by atoms with E-state index in [1.54, 1.807) is 6.08 Å². The highest BCUT2D eigenvalue weighted by atomic mass is 16.5. The summed E-state index contributed by atoms with van der Waals surface area (Å²) in [5.74, 6) is 0.990. The molecule has 0 radical (unpaired) electrons. The number of carbonyl (C=O) groups is 1. The molecule has 0 fully saturated rings. The van der Waals surface area contributed by atoms with Crippen molar-refractivity contribution in [3.63, 3.8) is 0 Å². The van der Waals surface area contributed by atoms with Gasteiger partial charge < -0.3 is 4.74 Å². The fourth-order valence-corrected chi connectivity index (χ4v) is 1.85. The molecule has 0 aromatic heterocycles. The molecular formula is C13H14O2. The van der Waals surface area contributed by atoms with Crippen molar-refractivity contribution in [3.05, 3.63) is 42.0 Å². The lowest BCUT2D eigenvalue weighted by Crippen LogP contribution is -2.10. The first kappa shape index (κ1) is 9.97. The number of benzene rings is 1. The Hall–Kier alpha value is -1.57. The molecule has 2 heteroatoms. The predicted octanol–water partition coefficient (Wildman–Crippen LogP) is 2.77. The quantitative estimate of drug-likeness (QED) is 0.704. The van der Waals surface area contributed by atoms with E-state index >= 15 is 0 Å². The lowest BCUT2D eigenvalue weighted by Gasteiger charge is -2.15. The molecule has 1 aliphatic carbocycles. The molecule has 0 heterocycles. The Labute approximate surface area is 89.6 Å². The third-order valence-electron chi connectivity index (χ3n) is 2.60. The van der Waals surface area contributed by atoms with Gasteiger partial charge in [-0.2, -0.15) is 0 Å². The van der Waals surface area contributed by atoms with E-state index in [4.69, 9.17) is 4.74 Å². The fourth-order valence-electron chi connectivity index (χ4n) is 1.85. The van der Waals surface area contributed by atoms with Gasteiger partial charge in [0.25, 0.3) is 0 Å². The molecule has 0 N–H and O–H groups in total. The summed E-state index contributed by atoms with van der Waals surface area (Å²) in [6.45, 7) is 4.07. The Morgan fingerprint density at radius 3 is 3.07 bits per heavy atom. The lowest BCUT2D eigenvalue weighted by atomic mass is 9.90. The molecule has 1 aromatic rings. The molecule has 1 aliphatic rings. The van der Waals surface area contributed by atoms with Gasteiger partial charge in [0.05, 0.1) is 0 Å².